The lowest BCUT2D eigenvalue weighted by Gasteiger charge is -2.23. The molecule has 1 fully saturated rings. The Balaban J connectivity index is 1.78. The zero-order chi connectivity index (χ0) is 21.3. The summed E-state index contributed by atoms with van der Waals surface area (Å²) in [6, 6.07) is 0.250. The summed E-state index contributed by atoms with van der Waals surface area (Å²) < 4.78 is 25.0. The molecule has 2 heterocycles. The number of aryl methyl sites for hydroxylation is 2. The lowest BCUT2D eigenvalue weighted by atomic mass is 10.1. The van der Waals surface area contributed by atoms with Crippen LogP contribution in [-0.2, 0) is 6.54 Å². The van der Waals surface area contributed by atoms with Crippen molar-refractivity contribution < 1.29 is 9.13 Å². The average Bonchev–Trinajstić information content (AvgIpc) is 3.45. The normalized spacial score (nSPS) is 14.5. The maximum absolute atomic E-state index is 15.3. The van der Waals surface area contributed by atoms with Crippen molar-refractivity contribution in [2.24, 2.45) is 0 Å². The van der Waals surface area contributed by atoms with Crippen LogP contribution in [0.3, 0.4) is 0 Å². The quantitative estimate of drug-likeness (QED) is 0.454. The van der Waals surface area contributed by atoms with Crippen LogP contribution >= 0.6 is 0 Å². The standard InChI is InChI=1S/C22H28FN5O2/c1-14-12-28(15-6-3-4-7-15)20-16(21(14)29)18(24)17(23)19(22(20)30-2)26-8-5-10-27-11-9-25-13-27/h9,11-13,15,26H,3-8,10,24H2,1-2H3. The second kappa shape index (κ2) is 8.38. The number of fused-ring (bicyclic) bond motifs is 1. The minimum Gasteiger partial charge on any atom is -0.492 e. The highest BCUT2D eigenvalue weighted by atomic mass is 19.1. The van der Waals surface area contributed by atoms with E-state index in [0.29, 0.717) is 23.4 Å². The molecule has 160 valence electrons. The number of benzene rings is 1. The fourth-order valence-corrected chi connectivity index (χ4v) is 4.43. The Morgan fingerprint density at radius 2 is 2.13 bits per heavy atom. The van der Waals surface area contributed by atoms with Gasteiger partial charge in [-0.1, -0.05) is 12.8 Å². The molecular formula is C22H28FN5O2. The number of hydrogen-bond donors (Lipinski definition) is 2. The number of pyridine rings is 1. The molecule has 7 nitrogen and oxygen atoms in total. The smallest absolute Gasteiger partial charge is 0.194 e. The lowest BCUT2D eigenvalue weighted by Crippen LogP contribution is -2.19. The molecule has 0 radical (unpaired) electrons. The summed E-state index contributed by atoms with van der Waals surface area (Å²) in [6.45, 7) is 3.03. The van der Waals surface area contributed by atoms with Crippen molar-refractivity contribution >= 4 is 22.3 Å². The Morgan fingerprint density at radius 3 is 2.80 bits per heavy atom. The van der Waals surface area contributed by atoms with E-state index in [0.717, 1.165) is 38.6 Å². The highest BCUT2D eigenvalue weighted by molar-refractivity contribution is 6.00. The number of imidazole rings is 1. The number of nitrogens with zero attached hydrogens (tertiary/aromatic N) is 3. The van der Waals surface area contributed by atoms with Gasteiger partial charge in [-0.05, 0) is 26.2 Å². The van der Waals surface area contributed by atoms with Gasteiger partial charge in [0.15, 0.2) is 17.0 Å². The van der Waals surface area contributed by atoms with Crippen molar-refractivity contribution in [3.8, 4) is 5.75 Å². The molecule has 0 spiro atoms. The van der Waals surface area contributed by atoms with Crippen LogP contribution in [0.2, 0.25) is 0 Å². The molecule has 3 N–H and O–H groups in total. The van der Waals surface area contributed by atoms with E-state index in [1.807, 2.05) is 17.0 Å². The second-order valence-corrected chi connectivity index (χ2v) is 7.93. The average molecular weight is 413 g/mol. The summed E-state index contributed by atoms with van der Waals surface area (Å²) >= 11 is 0. The first-order valence-electron chi connectivity index (χ1n) is 10.4. The number of halogens is 1. The van der Waals surface area contributed by atoms with E-state index in [-0.39, 0.29) is 28.2 Å². The summed E-state index contributed by atoms with van der Waals surface area (Å²) in [5.74, 6) is -0.300. The number of anilines is 2. The number of nitrogens with one attached hydrogen (secondary N) is 1. The molecule has 1 aliphatic rings. The Morgan fingerprint density at radius 1 is 1.37 bits per heavy atom. The fraction of sp³-hybridized carbons (Fsp3) is 0.455. The third-order valence-electron chi connectivity index (χ3n) is 5.96. The maximum Gasteiger partial charge on any atom is 0.194 e. The first-order valence-corrected chi connectivity index (χ1v) is 10.4. The van der Waals surface area contributed by atoms with E-state index in [1.165, 1.54) is 7.11 Å². The minimum atomic E-state index is -0.636. The molecule has 0 saturated heterocycles. The number of aromatic nitrogens is 3. The highest BCUT2D eigenvalue weighted by Crippen LogP contribution is 2.42. The predicted molar refractivity (Wildman–Crippen MR) is 117 cm³/mol. The van der Waals surface area contributed by atoms with Crippen LogP contribution in [0.5, 0.6) is 5.75 Å². The molecule has 0 bridgehead atoms. The maximum atomic E-state index is 15.3. The van der Waals surface area contributed by atoms with Crippen LogP contribution in [0.4, 0.5) is 15.8 Å². The summed E-state index contributed by atoms with van der Waals surface area (Å²) in [5, 5.41) is 3.36. The first-order chi connectivity index (χ1) is 14.5. The number of ether oxygens (including phenoxy) is 1. The van der Waals surface area contributed by atoms with Gasteiger partial charge in [0.05, 0.1) is 30.0 Å². The van der Waals surface area contributed by atoms with Gasteiger partial charge in [-0.15, -0.1) is 0 Å². The van der Waals surface area contributed by atoms with Gasteiger partial charge in [-0.2, -0.15) is 0 Å². The third-order valence-corrected chi connectivity index (χ3v) is 5.96. The van der Waals surface area contributed by atoms with Gasteiger partial charge in [0.2, 0.25) is 0 Å². The molecule has 0 amide bonds. The zero-order valence-corrected chi connectivity index (χ0v) is 17.4. The highest BCUT2D eigenvalue weighted by Gasteiger charge is 2.27. The summed E-state index contributed by atoms with van der Waals surface area (Å²) in [5.41, 5.74) is 7.14. The molecular weight excluding hydrogens is 385 g/mol. The predicted octanol–water partition coefficient (Wildman–Crippen LogP) is 3.85. The van der Waals surface area contributed by atoms with E-state index < -0.39 is 5.82 Å². The van der Waals surface area contributed by atoms with Crippen molar-refractivity contribution in [1.29, 1.82) is 0 Å². The first kappa shape index (κ1) is 20.3. The van der Waals surface area contributed by atoms with Gasteiger partial charge in [-0.3, -0.25) is 4.79 Å². The van der Waals surface area contributed by atoms with E-state index in [1.54, 1.807) is 19.4 Å². The zero-order valence-electron chi connectivity index (χ0n) is 17.4. The molecule has 1 aliphatic carbocycles. The SMILES string of the molecule is COc1c(NCCCn2ccnc2)c(F)c(N)c2c(=O)c(C)cn(C3CCCC3)c12. The molecule has 8 heteroatoms. The van der Waals surface area contributed by atoms with Crippen molar-refractivity contribution in [1.82, 2.24) is 14.1 Å². The van der Waals surface area contributed by atoms with Gasteiger partial charge in [-0.25, -0.2) is 9.37 Å². The number of nitrogen functional groups attached to an aromatic ring is 1. The van der Waals surface area contributed by atoms with Crippen LogP contribution in [0.25, 0.3) is 10.9 Å². The van der Waals surface area contributed by atoms with Crippen LogP contribution in [0.15, 0.2) is 29.7 Å². The van der Waals surface area contributed by atoms with Gasteiger partial charge >= 0.3 is 0 Å². The summed E-state index contributed by atoms with van der Waals surface area (Å²) in [4.78, 5) is 16.9. The molecule has 3 aromatic rings. The third kappa shape index (κ3) is 3.51. The molecule has 0 unspecified atom stereocenters. The largest absolute Gasteiger partial charge is 0.492 e. The molecule has 30 heavy (non-hydrogen) atoms. The molecule has 0 atom stereocenters. The number of hydrogen-bond acceptors (Lipinski definition) is 5. The van der Waals surface area contributed by atoms with Crippen molar-refractivity contribution in [2.45, 2.75) is 51.6 Å². The van der Waals surface area contributed by atoms with E-state index >= 15 is 4.39 Å². The molecule has 4 rings (SSSR count). The number of rotatable bonds is 7. The van der Waals surface area contributed by atoms with Gasteiger partial charge in [0.1, 0.15) is 5.69 Å². The fourth-order valence-electron chi connectivity index (χ4n) is 4.43. The number of nitrogens with two attached hydrogens (primary N) is 1. The van der Waals surface area contributed by atoms with Gasteiger partial charge < -0.3 is 24.9 Å². The van der Waals surface area contributed by atoms with E-state index in [4.69, 9.17) is 10.5 Å². The Hall–Kier alpha value is -3.03. The van der Waals surface area contributed by atoms with Crippen molar-refractivity contribution in [3.05, 3.63) is 46.5 Å². The van der Waals surface area contributed by atoms with Crippen molar-refractivity contribution in [3.63, 3.8) is 0 Å². The Bertz CT molecular complexity index is 1100. The molecule has 0 aliphatic heterocycles. The Labute approximate surface area is 174 Å². The molecule has 2 aromatic heterocycles. The molecule has 1 aromatic carbocycles. The topological polar surface area (TPSA) is 87.1 Å². The van der Waals surface area contributed by atoms with E-state index in [2.05, 4.69) is 14.9 Å². The van der Waals surface area contributed by atoms with E-state index in [9.17, 15) is 4.79 Å². The second-order valence-electron chi connectivity index (χ2n) is 7.93. The van der Waals surface area contributed by atoms with Crippen molar-refractivity contribution in [2.75, 3.05) is 24.7 Å². The minimum absolute atomic E-state index is 0.122. The number of methoxy groups -OCH3 is 1. The van der Waals surface area contributed by atoms with Crippen LogP contribution in [-0.4, -0.2) is 27.8 Å². The lowest BCUT2D eigenvalue weighted by molar-refractivity contribution is 0.412. The van der Waals surface area contributed by atoms with Gasteiger partial charge in [0, 0.05) is 43.3 Å². The van der Waals surface area contributed by atoms with Gasteiger partial charge in [0.25, 0.3) is 0 Å². The summed E-state index contributed by atoms with van der Waals surface area (Å²) in [6.07, 6.45) is 12.3. The summed E-state index contributed by atoms with van der Waals surface area (Å²) in [7, 11) is 1.50. The van der Waals surface area contributed by atoms with Crippen LogP contribution in [0.1, 0.15) is 43.7 Å². The van der Waals surface area contributed by atoms with Crippen LogP contribution in [0, 0.1) is 12.7 Å². The van der Waals surface area contributed by atoms with Crippen LogP contribution < -0.4 is 21.2 Å². The molecule has 1 saturated carbocycles. The Kier molecular flexibility index (Phi) is 5.65. The monoisotopic (exact) mass is 413 g/mol.